The van der Waals surface area contributed by atoms with Gasteiger partial charge in [-0.2, -0.15) is 5.26 Å². The van der Waals surface area contributed by atoms with E-state index in [0.717, 1.165) is 31.4 Å². The molecule has 1 atom stereocenters. The van der Waals surface area contributed by atoms with Crippen LogP contribution in [-0.4, -0.2) is 17.5 Å². The van der Waals surface area contributed by atoms with Crippen LogP contribution < -0.4 is 0 Å². The van der Waals surface area contributed by atoms with E-state index >= 15 is 0 Å². The highest BCUT2D eigenvalue weighted by molar-refractivity contribution is 6.31. The maximum atomic E-state index is 12.9. The summed E-state index contributed by atoms with van der Waals surface area (Å²) in [6.07, 6.45) is 3.12. The fourth-order valence-corrected chi connectivity index (χ4v) is 2.42. The molecule has 1 saturated heterocycles. The molecule has 2 rings (SSSR count). The maximum Gasteiger partial charge on any atom is 0.124 e. The molecular weight excluding hydrogens is 239 g/mol. The van der Waals surface area contributed by atoms with Gasteiger partial charge in [-0.1, -0.05) is 17.7 Å². The van der Waals surface area contributed by atoms with Gasteiger partial charge in [-0.15, -0.1) is 0 Å². The molecule has 17 heavy (non-hydrogen) atoms. The molecule has 1 fully saturated rings. The monoisotopic (exact) mass is 252 g/mol. The number of nitrogens with zero attached hydrogens (tertiary/aromatic N) is 2. The van der Waals surface area contributed by atoms with E-state index in [0.29, 0.717) is 11.6 Å². The number of benzene rings is 1. The highest BCUT2D eigenvalue weighted by Crippen LogP contribution is 2.23. The van der Waals surface area contributed by atoms with Gasteiger partial charge in [-0.05, 0) is 43.5 Å². The lowest BCUT2D eigenvalue weighted by Crippen LogP contribution is -2.37. The van der Waals surface area contributed by atoms with Crippen LogP contribution in [0.15, 0.2) is 18.2 Å². The van der Waals surface area contributed by atoms with Crippen LogP contribution in [0.2, 0.25) is 5.02 Å². The van der Waals surface area contributed by atoms with Crippen molar-refractivity contribution < 1.29 is 4.39 Å². The Kier molecular flexibility index (Phi) is 3.98. The molecule has 0 saturated carbocycles. The third kappa shape index (κ3) is 2.96. The van der Waals surface area contributed by atoms with Gasteiger partial charge < -0.3 is 0 Å². The molecule has 0 aliphatic carbocycles. The summed E-state index contributed by atoms with van der Waals surface area (Å²) < 4.78 is 12.9. The second-order valence-electron chi connectivity index (χ2n) is 4.35. The molecule has 90 valence electrons. The first-order chi connectivity index (χ1) is 8.20. The zero-order valence-electron chi connectivity index (χ0n) is 9.50. The van der Waals surface area contributed by atoms with E-state index < -0.39 is 0 Å². The minimum atomic E-state index is -0.325. The van der Waals surface area contributed by atoms with Crippen LogP contribution in [-0.2, 0) is 6.54 Å². The number of piperidine rings is 1. The molecule has 2 nitrogen and oxygen atoms in total. The average Bonchev–Trinajstić information content (AvgIpc) is 2.33. The SMILES string of the molecule is N#CC1CCCCN1Cc1ccc(F)cc1Cl. The van der Waals surface area contributed by atoms with Gasteiger partial charge in [0.1, 0.15) is 5.82 Å². The van der Waals surface area contributed by atoms with Crippen LogP contribution in [0.3, 0.4) is 0 Å². The molecule has 0 spiro atoms. The van der Waals surface area contributed by atoms with Crippen LogP contribution in [0.5, 0.6) is 0 Å². The Hall–Kier alpha value is -1.11. The van der Waals surface area contributed by atoms with E-state index in [1.54, 1.807) is 6.07 Å². The van der Waals surface area contributed by atoms with Crippen molar-refractivity contribution in [1.29, 1.82) is 5.26 Å². The molecule has 0 aromatic heterocycles. The van der Waals surface area contributed by atoms with Crippen LogP contribution in [0, 0.1) is 17.1 Å². The largest absolute Gasteiger partial charge is 0.284 e. The molecule has 4 heteroatoms. The molecule has 1 heterocycles. The van der Waals surface area contributed by atoms with Gasteiger partial charge in [0.15, 0.2) is 0 Å². The van der Waals surface area contributed by atoms with Crippen LogP contribution in [0.1, 0.15) is 24.8 Å². The van der Waals surface area contributed by atoms with E-state index in [4.69, 9.17) is 16.9 Å². The minimum absolute atomic E-state index is 0.0372. The zero-order valence-corrected chi connectivity index (χ0v) is 10.3. The third-order valence-corrected chi connectivity index (χ3v) is 3.50. The van der Waals surface area contributed by atoms with Crippen LogP contribution in [0.25, 0.3) is 0 Å². The lowest BCUT2D eigenvalue weighted by Gasteiger charge is -2.31. The maximum absolute atomic E-state index is 12.9. The molecule has 0 N–H and O–H groups in total. The van der Waals surface area contributed by atoms with Gasteiger partial charge >= 0.3 is 0 Å². The van der Waals surface area contributed by atoms with Crippen molar-refractivity contribution >= 4 is 11.6 Å². The average molecular weight is 253 g/mol. The number of hydrogen-bond acceptors (Lipinski definition) is 2. The van der Waals surface area contributed by atoms with E-state index in [1.165, 1.54) is 12.1 Å². The number of rotatable bonds is 2. The third-order valence-electron chi connectivity index (χ3n) is 3.15. The van der Waals surface area contributed by atoms with Gasteiger partial charge in [-0.3, -0.25) is 4.90 Å². The van der Waals surface area contributed by atoms with E-state index in [2.05, 4.69) is 11.0 Å². The molecule has 1 aliphatic rings. The highest BCUT2D eigenvalue weighted by atomic mass is 35.5. The predicted octanol–water partition coefficient (Wildman–Crippen LogP) is 3.36. The van der Waals surface area contributed by atoms with Gasteiger partial charge in [0.25, 0.3) is 0 Å². The fourth-order valence-electron chi connectivity index (χ4n) is 2.20. The second kappa shape index (κ2) is 5.48. The van der Waals surface area contributed by atoms with Gasteiger partial charge in [0.05, 0.1) is 12.1 Å². The summed E-state index contributed by atoms with van der Waals surface area (Å²) >= 11 is 5.99. The molecular formula is C13H14ClFN2. The summed E-state index contributed by atoms with van der Waals surface area (Å²) in [7, 11) is 0. The quantitative estimate of drug-likeness (QED) is 0.807. The van der Waals surface area contributed by atoms with Crippen molar-refractivity contribution in [2.45, 2.75) is 31.8 Å². The van der Waals surface area contributed by atoms with Crippen molar-refractivity contribution in [3.8, 4) is 6.07 Å². The summed E-state index contributed by atoms with van der Waals surface area (Å²) in [5.74, 6) is -0.325. The Morgan fingerprint density at radius 1 is 1.47 bits per heavy atom. The number of halogens is 2. The molecule has 0 bridgehead atoms. The summed E-state index contributed by atoms with van der Waals surface area (Å²) in [5.41, 5.74) is 0.884. The topological polar surface area (TPSA) is 27.0 Å². The van der Waals surface area contributed by atoms with Gasteiger partial charge in [0.2, 0.25) is 0 Å². The van der Waals surface area contributed by atoms with Crippen LogP contribution >= 0.6 is 11.6 Å². The second-order valence-corrected chi connectivity index (χ2v) is 4.75. The normalized spacial score (nSPS) is 21.1. The van der Waals surface area contributed by atoms with E-state index in [-0.39, 0.29) is 11.9 Å². The Balaban J connectivity index is 2.11. The highest BCUT2D eigenvalue weighted by Gasteiger charge is 2.22. The molecule has 1 unspecified atom stereocenters. The summed E-state index contributed by atoms with van der Waals surface area (Å²) in [5, 5.41) is 9.51. The van der Waals surface area contributed by atoms with Crippen molar-refractivity contribution in [3.63, 3.8) is 0 Å². The van der Waals surface area contributed by atoms with Crippen molar-refractivity contribution in [1.82, 2.24) is 4.90 Å². The molecule has 0 radical (unpaired) electrons. The zero-order chi connectivity index (χ0) is 12.3. The Bertz CT molecular complexity index is 442. The first-order valence-corrected chi connectivity index (χ1v) is 6.16. The standard InChI is InChI=1S/C13H14ClFN2/c14-13-7-11(15)5-4-10(13)9-17-6-2-1-3-12(17)8-16/h4-5,7,12H,1-3,6,9H2. The van der Waals surface area contributed by atoms with Crippen molar-refractivity contribution in [2.24, 2.45) is 0 Å². The van der Waals surface area contributed by atoms with E-state index in [1.807, 2.05) is 0 Å². The van der Waals surface area contributed by atoms with Crippen molar-refractivity contribution in [2.75, 3.05) is 6.54 Å². The van der Waals surface area contributed by atoms with Crippen LogP contribution in [0.4, 0.5) is 4.39 Å². The Morgan fingerprint density at radius 3 is 3.00 bits per heavy atom. The number of nitriles is 1. The minimum Gasteiger partial charge on any atom is -0.284 e. The molecule has 1 aromatic carbocycles. The molecule has 0 amide bonds. The number of likely N-dealkylation sites (tertiary alicyclic amines) is 1. The summed E-state index contributed by atoms with van der Waals surface area (Å²) in [6, 6.07) is 6.70. The van der Waals surface area contributed by atoms with Gasteiger partial charge in [0, 0.05) is 11.6 Å². The summed E-state index contributed by atoms with van der Waals surface area (Å²) in [6.45, 7) is 1.53. The van der Waals surface area contributed by atoms with Gasteiger partial charge in [-0.25, -0.2) is 4.39 Å². The van der Waals surface area contributed by atoms with Crippen molar-refractivity contribution in [3.05, 3.63) is 34.6 Å². The lowest BCUT2D eigenvalue weighted by atomic mass is 10.0. The Morgan fingerprint density at radius 2 is 2.29 bits per heavy atom. The summed E-state index contributed by atoms with van der Waals surface area (Å²) in [4.78, 5) is 2.11. The smallest absolute Gasteiger partial charge is 0.124 e. The predicted molar refractivity (Wildman–Crippen MR) is 65.1 cm³/mol. The molecule has 1 aromatic rings. The molecule has 1 aliphatic heterocycles. The lowest BCUT2D eigenvalue weighted by molar-refractivity contribution is 0.176. The fraction of sp³-hybridized carbons (Fsp3) is 0.462. The Labute approximate surface area is 106 Å². The van der Waals surface area contributed by atoms with E-state index in [9.17, 15) is 4.39 Å². The first-order valence-electron chi connectivity index (χ1n) is 5.78. The first kappa shape index (κ1) is 12.3. The number of hydrogen-bond donors (Lipinski definition) is 0.